The molecule has 0 radical (unpaired) electrons. The minimum absolute atomic E-state index is 0.0627. The fourth-order valence-electron chi connectivity index (χ4n) is 3.71. The van der Waals surface area contributed by atoms with Gasteiger partial charge in [-0.05, 0) is 49.8 Å². The van der Waals surface area contributed by atoms with E-state index >= 15 is 0 Å². The molecule has 0 aliphatic carbocycles. The van der Waals surface area contributed by atoms with Gasteiger partial charge in [0.2, 0.25) is 0 Å². The molecule has 28 heavy (non-hydrogen) atoms. The number of carbonyl (C=O) groups excluding carboxylic acids is 2. The van der Waals surface area contributed by atoms with Crippen LogP contribution in [0.5, 0.6) is 0 Å². The van der Waals surface area contributed by atoms with Gasteiger partial charge in [0.15, 0.2) is 5.78 Å². The molecular formula is C24H35NO3. The summed E-state index contributed by atoms with van der Waals surface area (Å²) in [7, 11) is 1.41. The highest BCUT2D eigenvalue weighted by atomic mass is 16.5. The SMILES string of the molecule is CCCCCCc1ccc(N2CCC(=O)[C@@H]2C/C=C\CCCC(=O)OC)cc1. The average Bonchev–Trinajstić information content (AvgIpc) is 3.08. The first-order chi connectivity index (χ1) is 13.7. The molecule has 154 valence electrons. The molecule has 4 nitrogen and oxygen atoms in total. The number of ketones is 1. The van der Waals surface area contributed by atoms with Crippen LogP contribution in [-0.2, 0) is 20.7 Å². The summed E-state index contributed by atoms with van der Waals surface area (Å²) in [6.07, 6.45) is 13.8. The molecule has 0 aromatic heterocycles. The van der Waals surface area contributed by atoms with Crippen LogP contribution >= 0.6 is 0 Å². The molecule has 1 heterocycles. The first kappa shape index (κ1) is 22.2. The molecule has 1 aliphatic heterocycles. The van der Waals surface area contributed by atoms with Gasteiger partial charge in [0.1, 0.15) is 0 Å². The van der Waals surface area contributed by atoms with Crippen LogP contribution in [0.1, 0.15) is 70.3 Å². The molecule has 1 fully saturated rings. The number of esters is 1. The van der Waals surface area contributed by atoms with Gasteiger partial charge in [-0.2, -0.15) is 0 Å². The summed E-state index contributed by atoms with van der Waals surface area (Å²) < 4.78 is 4.64. The number of anilines is 1. The van der Waals surface area contributed by atoms with E-state index in [2.05, 4.69) is 53.0 Å². The number of ether oxygens (including phenoxy) is 1. The molecule has 0 N–H and O–H groups in total. The second-order valence-corrected chi connectivity index (χ2v) is 7.58. The normalized spacial score (nSPS) is 16.9. The van der Waals surface area contributed by atoms with Gasteiger partial charge in [0.05, 0.1) is 13.2 Å². The minimum Gasteiger partial charge on any atom is -0.469 e. The monoisotopic (exact) mass is 385 g/mol. The molecule has 1 aliphatic rings. The van der Waals surface area contributed by atoms with Crippen molar-refractivity contribution in [3.05, 3.63) is 42.0 Å². The molecule has 2 rings (SSSR count). The number of aryl methyl sites for hydroxylation is 1. The lowest BCUT2D eigenvalue weighted by atomic mass is 10.0. The van der Waals surface area contributed by atoms with Gasteiger partial charge in [-0.1, -0.05) is 50.5 Å². The summed E-state index contributed by atoms with van der Waals surface area (Å²) in [5, 5.41) is 0. The Bertz CT molecular complexity index is 636. The van der Waals surface area contributed by atoms with Crippen LogP contribution in [0.25, 0.3) is 0 Å². The maximum Gasteiger partial charge on any atom is 0.305 e. The number of nitrogens with zero attached hydrogens (tertiary/aromatic N) is 1. The van der Waals surface area contributed by atoms with E-state index in [1.165, 1.54) is 38.4 Å². The Labute approximate surface area is 170 Å². The van der Waals surface area contributed by atoms with Gasteiger partial charge in [-0.25, -0.2) is 0 Å². The van der Waals surface area contributed by atoms with Crippen molar-refractivity contribution >= 4 is 17.4 Å². The van der Waals surface area contributed by atoms with Crippen LogP contribution in [0.3, 0.4) is 0 Å². The lowest BCUT2D eigenvalue weighted by molar-refractivity contribution is -0.140. The number of hydrogen-bond donors (Lipinski definition) is 0. The number of carbonyl (C=O) groups is 2. The van der Waals surface area contributed by atoms with Crippen molar-refractivity contribution in [2.24, 2.45) is 0 Å². The summed E-state index contributed by atoms with van der Waals surface area (Å²) in [5.74, 6) is 0.155. The predicted octanol–water partition coefficient (Wildman–Crippen LogP) is 5.25. The van der Waals surface area contributed by atoms with Gasteiger partial charge < -0.3 is 9.64 Å². The van der Waals surface area contributed by atoms with Crippen molar-refractivity contribution in [1.82, 2.24) is 0 Å². The van der Waals surface area contributed by atoms with Gasteiger partial charge in [-0.15, -0.1) is 0 Å². The summed E-state index contributed by atoms with van der Waals surface area (Å²) >= 11 is 0. The van der Waals surface area contributed by atoms with E-state index in [1.807, 2.05) is 0 Å². The van der Waals surface area contributed by atoms with Gasteiger partial charge in [0.25, 0.3) is 0 Å². The summed E-state index contributed by atoms with van der Waals surface area (Å²) in [5.41, 5.74) is 2.53. The standard InChI is InChI=1S/C24H35NO3/c1-3-4-5-8-11-20-14-16-21(17-15-20)25-19-18-23(26)22(25)12-9-6-7-10-13-24(27)28-2/h6,9,14-17,22H,3-5,7-8,10-13,18-19H2,1-2H3/b9-6-/t22-/m0/s1. The van der Waals surface area contributed by atoms with Crippen LogP contribution in [0.4, 0.5) is 5.69 Å². The third-order valence-electron chi connectivity index (χ3n) is 5.44. The minimum atomic E-state index is -0.167. The zero-order valence-electron chi connectivity index (χ0n) is 17.5. The number of benzene rings is 1. The third kappa shape index (κ3) is 7.14. The van der Waals surface area contributed by atoms with E-state index in [4.69, 9.17) is 0 Å². The fourth-order valence-corrected chi connectivity index (χ4v) is 3.71. The fraction of sp³-hybridized carbons (Fsp3) is 0.583. The molecule has 0 unspecified atom stereocenters. The smallest absolute Gasteiger partial charge is 0.305 e. The summed E-state index contributed by atoms with van der Waals surface area (Å²) in [6, 6.07) is 8.70. The molecule has 1 aromatic rings. The largest absolute Gasteiger partial charge is 0.469 e. The topological polar surface area (TPSA) is 46.6 Å². The number of hydrogen-bond acceptors (Lipinski definition) is 4. The zero-order valence-corrected chi connectivity index (χ0v) is 17.5. The number of rotatable bonds is 12. The van der Waals surface area contributed by atoms with Crippen LogP contribution in [0.2, 0.25) is 0 Å². The summed E-state index contributed by atoms with van der Waals surface area (Å²) in [4.78, 5) is 25.7. The van der Waals surface area contributed by atoms with Crippen LogP contribution in [-0.4, -0.2) is 31.4 Å². The van der Waals surface area contributed by atoms with E-state index in [9.17, 15) is 9.59 Å². The van der Waals surface area contributed by atoms with Crippen molar-refractivity contribution in [3.63, 3.8) is 0 Å². The Balaban J connectivity index is 1.83. The summed E-state index contributed by atoms with van der Waals surface area (Å²) in [6.45, 7) is 3.04. The highest BCUT2D eigenvalue weighted by Crippen LogP contribution is 2.26. The molecule has 0 saturated carbocycles. The molecule has 0 bridgehead atoms. The Kier molecular flexibility index (Phi) is 9.81. The number of Topliss-reactive ketones (excluding diaryl/α,β-unsaturated/α-hetero) is 1. The van der Waals surface area contributed by atoms with Crippen molar-refractivity contribution in [1.29, 1.82) is 0 Å². The Morgan fingerprint density at radius 3 is 2.64 bits per heavy atom. The molecule has 4 heteroatoms. The first-order valence-electron chi connectivity index (χ1n) is 10.8. The number of methoxy groups -OCH3 is 1. The number of allylic oxidation sites excluding steroid dienone is 1. The Hall–Kier alpha value is -2.10. The quantitative estimate of drug-likeness (QED) is 0.280. The molecule has 0 spiro atoms. The molecular weight excluding hydrogens is 350 g/mol. The van der Waals surface area contributed by atoms with Gasteiger partial charge >= 0.3 is 5.97 Å². The van der Waals surface area contributed by atoms with E-state index in [-0.39, 0.29) is 12.0 Å². The van der Waals surface area contributed by atoms with E-state index in [0.29, 0.717) is 18.6 Å². The maximum absolute atomic E-state index is 12.3. The molecule has 0 amide bonds. The maximum atomic E-state index is 12.3. The highest BCUT2D eigenvalue weighted by Gasteiger charge is 2.31. The lowest BCUT2D eigenvalue weighted by Crippen LogP contribution is -2.32. The highest BCUT2D eigenvalue weighted by molar-refractivity contribution is 5.91. The van der Waals surface area contributed by atoms with Crippen LogP contribution < -0.4 is 4.90 Å². The molecule has 1 aromatic carbocycles. The second-order valence-electron chi connectivity index (χ2n) is 7.58. The van der Waals surface area contributed by atoms with E-state index < -0.39 is 0 Å². The van der Waals surface area contributed by atoms with E-state index in [0.717, 1.165) is 37.9 Å². The van der Waals surface area contributed by atoms with Crippen molar-refractivity contribution < 1.29 is 14.3 Å². The molecule has 1 saturated heterocycles. The Morgan fingerprint density at radius 1 is 1.14 bits per heavy atom. The average molecular weight is 386 g/mol. The predicted molar refractivity (Wildman–Crippen MR) is 115 cm³/mol. The van der Waals surface area contributed by atoms with Crippen molar-refractivity contribution in [3.8, 4) is 0 Å². The lowest BCUT2D eigenvalue weighted by Gasteiger charge is -2.25. The first-order valence-corrected chi connectivity index (χ1v) is 10.8. The second kappa shape index (κ2) is 12.4. The zero-order chi connectivity index (χ0) is 20.2. The molecule has 1 atom stereocenters. The third-order valence-corrected chi connectivity index (χ3v) is 5.44. The number of unbranched alkanes of at least 4 members (excludes halogenated alkanes) is 4. The van der Waals surface area contributed by atoms with Gasteiger partial charge in [0, 0.05) is 25.1 Å². The van der Waals surface area contributed by atoms with Crippen LogP contribution in [0, 0.1) is 0 Å². The van der Waals surface area contributed by atoms with Crippen LogP contribution in [0.15, 0.2) is 36.4 Å². The van der Waals surface area contributed by atoms with Crippen molar-refractivity contribution in [2.75, 3.05) is 18.6 Å². The Morgan fingerprint density at radius 2 is 1.93 bits per heavy atom. The van der Waals surface area contributed by atoms with Gasteiger partial charge in [-0.3, -0.25) is 9.59 Å². The van der Waals surface area contributed by atoms with Crippen molar-refractivity contribution in [2.45, 2.75) is 77.2 Å². The van der Waals surface area contributed by atoms with E-state index in [1.54, 1.807) is 0 Å².